The third kappa shape index (κ3) is 7.01. The minimum absolute atomic E-state index is 0.0548. The summed E-state index contributed by atoms with van der Waals surface area (Å²) in [7, 11) is 4.47. The minimum atomic E-state index is -0.997. The van der Waals surface area contributed by atoms with E-state index in [2.05, 4.69) is 21.2 Å². The van der Waals surface area contributed by atoms with E-state index < -0.39 is 11.8 Å². The number of hydrogen-bond donors (Lipinski definition) is 3. The van der Waals surface area contributed by atoms with Crippen LogP contribution in [0, 0.1) is 0 Å². The summed E-state index contributed by atoms with van der Waals surface area (Å²) in [6, 6.07) is 12.1. The fourth-order valence-corrected chi connectivity index (χ4v) is 2.67. The van der Waals surface area contributed by atoms with Crippen LogP contribution in [0.25, 0.3) is 0 Å². The van der Waals surface area contributed by atoms with Crippen molar-refractivity contribution in [3.05, 3.63) is 48.0 Å². The van der Waals surface area contributed by atoms with Gasteiger partial charge in [-0.2, -0.15) is 5.10 Å². The quantitative estimate of drug-likeness (QED) is 0.309. The van der Waals surface area contributed by atoms with Crippen molar-refractivity contribution in [2.24, 2.45) is 5.10 Å². The Morgan fingerprint density at radius 1 is 0.906 bits per heavy atom. The highest BCUT2D eigenvalue weighted by atomic mass is 16.5. The van der Waals surface area contributed by atoms with Crippen LogP contribution < -0.4 is 30.3 Å². The molecule has 2 aromatic rings. The highest BCUT2D eigenvalue weighted by molar-refractivity contribution is 6.39. The van der Waals surface area contributed by atoms with E-state index in [1.807, 2.05) is 18.2 Å². The van der Waals surface area contributed by atoms with E-state index in [4.69, 9.17) is 14.2 Å². The molecule has 3 amide bonds. The second-order valence-electron chi connectivity index (χ2n) is 6.57. The maximum Gasteiger partial charge on any atom is 0.329 e. The molecule has 2 rings (SSSR count). The Morgan fingerprint density at radius 3 is 2.31 bits per heavy atom. The van der Waals surface area contributed by atoms with Gasteiger partial charge in [0.25, 0.3) is 0 Å². The topological polar surface area (TPSA) is 127 Å². The summed E-state index contributed by atoms with van der Waals surface area (Å²) in [5.74, 6) is -0.730. The average molecular weight is 442 g/mol. The zero-order chi connectivity index (χ0) is 23.5. The van der Waals surface area contributed by atoms with Gasteiger partial charge >= 0.3 is 11.8 Å². The third-order valence-electron chi connectivity index (χ3n) is 4.29. The Kier molecular flexibility index (Phi) is 9.03. The first-order valence-corrected chi connectivity index (χ1v) is 9.63. The molecule has 0 bridgehead atoms. The number of nitrogens with one attached hydrogen (secondary N) is 3. The lowest BCUT2D eigenvalue weighted by Crippen LogP contribution is -2.33. The summed E-state index contributed by atoms with van der Waals surface area (Å²) < 4.78 is 15.5. The number of ether oxygens (including phenoxy) is 3. The third-order valence-corrected chi connectivity index (χ3v) is 4.29. The summed E-state index contributed by atoms with van der Waals surface area (Å²) in [5, 5.41) is 8.99. The number of rotatable bonds is 9. The van der Waals surface area contributed by atoms with E-state index in [1.54, 1.807) is 32.2 Å². The molecule has 0 unspecified atom stereocenters. The Bertz CT molecular complexity index is 1010. The highest BCUT2D eigenvalue weighted by Gasteiger charge is 2.16. The lowest BCUT2D eigenvalue weighted by molar-refractivity contribution is -0.136. The van der Waals surface area contributed by atoms with Gasteiger partial charge in [0.2, 0.25) is 5.91 Å². The van der Waals surface area contributed by atoms with Gasteiger partial charge in [0, 0.05) is 23.9 Å². The van der Waals surface area contributed by atoms with Gasteiger partial charge < -0.3 is 24.8 Å². The molecule has 32 heavy (non-hydrogen) atoms. The van der Waals surface area contributed by atoms with Crippen molar-refractivity contribution in [3.63, 3.8) is 0 Å². The van der Waals surface area contributed by atoms with Crippen LogP contribution in [0.1, 0.15) is 18.9 Å². The monoisotopic (exact) mass is 442 g/mol. The van der Waals surface area contributed by atoms with E-state index in [1.165, 1.54) is 20.3 Å². The number of hydrogen-bond acceptors (Lipinski definition) is 7. The number of hydrazone groups is 1. The van der Waals surface area contributed by atoms with Crippen molar-refractivity contribution >= 4 is 29.1 Å². The number of para-hydroxylation sites is 1. The van der Waals surface area contributed by atoms with Crippen LogP contribution in [0.3, 0.4) is 0 Å². The summed E-state index contributed by atoms with van der Waals surface area (Å²) in [6.07, 6.45) is -0.0548. The van der Waals surface area contributed by atoms with E-state index >= 15 is 0 Å². The second kappa shape index (κ2) is 11.9. The average Bonchev–Trinajstić information content (AvgIpc) is 2.81. The van der Waals surface area contributed by atoms with Crippen molar-refractivity contribution in [2.45, 2.75) is 19.9 Å². The molecule has 3 N–H and O–H groups in total. The highest BCUT2D eigenvalue weighted by Crippen LogP contribution is 2.28. The Labute approximate surface area is 185 Å². The van der Waals surface area contributed by atoms with Crippen LogP contribution >= 0.6 is 0 Å². The van der Waals surface area contributed by atoms with Gasteiger partial charge in [-0.1, -0.05) is 18.2 Å². The number of anilines is 1. The number of carbonyl (C=O) groups excluding carboxylic acids is 3. The summed E-state index contributed by atoms with van der Waals surface area (Å²) in [5.41, 5.74) is 3.55. The fourth-order valence-electron chi connectivity index (χ4n) is 2.67. The molecule has 10 heteroatoms. The molecule has 0 fully saturated rings. The first kappa shape index (κ1) is 24.2. The van der Waals surface area contributed by atoms with Crippen molar-refractivity contribution < 1.29 is 28.6 Å². The summed E-state index contributed by atoms with van der Waals surface area (Å²) in [4.78, 5) is 36.3. The van der Waals surface area contributed by atoms with E-state index in [0.717, 1.165) is 5.56 Å². The maximum absolute atomic E-state index is 12.2. The number of nitrogens with zero attached hydrogens (tertiary/aromatic N) is 1. The molecule has 0 saturated carbocycles. The SMILES string of the molecule is COc1ccc(OC)c(NC(=O)C(=O)N/N=C(\C)CC(=O)NCc2ccccc2OC)c1. The predicted molar refractivity (Wildman–Crippen MR) is 119 cm³/mol. The number of methoxy groups -OCH3 is 3. The molecule has 10 nitrogen and oxygen atoms in total. The van der Waals surface area contributed by atoms with Gasteiger partial charge in [0.1, 0.15) is 17.2 Å². The van der Waals surface area contributed by atoms with Crippen molar-refractivity contribution in [1.29, 1.82) is 0 Å². The maximum atomic E-state index is 12.2. The predicted octanol–water partition coefficient (Wildman–Crippen LogP) is 1.85. The van der Waals surface area contributed by atoms with Gasteiger partial charge in [-0.15, -0.1) is 0 Å². The minimum Gasteiger partial charge on any atom is -0.497 e. The van der Waals surface area contributed by atoms with E-state index in [0.29, 0.717) is 23.0 Å². The van der Waals surface area contributed by atoms with Gasteiger partial charge in [-0.3, -0.25) is 14.4 Å². The van der Waals surface area contributed by atoms with Crippen LogP contribution in [0.15, 0.2) is 47.6 Å². The molecule has 0 saturated heterocycles. The zero-order valence-corrected chi connectivity index (χ0v) is 18.4. The number of benzene rings is 2. The van der Waals surface area contributed by atoms with Crippen molar-refractivity contribution in [1.82, 2.24) is 10.7 Å². The molecule has 2 aromatic carbocycles. The van der Waals surface area contributed by atoms with Crippen molar-refractivity contribution in [2.75, 3.05) is 26.6 Å². The largest absolute Gasteiger partial charge is 0.497 e. The van der Waals surface area contributed by atoms with Gasteiger partial charge in [-0.25, -0.2) is 5.43 Å². The lowest BCUT2D eigenvalue weighted by Gasteiger charge is -2.11. The van der Waals surface area contributed by atoms with E-state index in [9.17, 15) is 14.4 Å². The van der Waals surface area contributed by atoms with Crippen LogP contribution in [-0.2, 0) is 20.9 Å². The fraction of sp³-hybridized carbons (Fsp3) is 0.273. The lowest BCUT2D eigenvalue weighted by atomic mass is 10.2. The molecule has 0 aliphatic rings. The Hall–Kier alpha value is -4.08. The van der Waals surface area contributed by atoms with Gasteiger partial charge in [0.15, 0.2) is 0 Å². The zero-order valence-electron chi connectivity index (χ0n) is 18.4. The molecular weight excluding hydrogens is 416 g/mol. The molecule has 0 aromatic heterocycles. The van der Waals surface area contributed by atoms with Gasteiger partial charge in [0.05, 0.1) is 33.4 Å². The van der Waals surface area contributed by atoms with Crippen LogP contribution in [0.5, 0.6) is 17.2 Å². The molecule has 0 atom stereocenters. The molecule has 0 radical (unpaired) electrons. The van der Waals surface area contributed by atoms with Crippen LogP contribution in [0.4, 0.5) is 5.69 Å². The molecular formula is C22H26N4O6. The molecule has 0 heterocycles. The van der Waals surface area contributed by atoms with Crippen molar-refractivity contribution in [3.8, 4) is 17.2 Å². The van der Waals surface area contributed by atoms with Crippen LogP contribution in [-0.4, -0.2) is 44.8 Å². The van der Waals surface area contributed by atoms with Crippen LogP contribution in [0.2, 0.25) is 0 Å². The molecule has 0 aliphatic heterocycles. The smallest absolute Gasteiger partial charge is 0.329 e. The second-order valence-corrected chi connectivity index (χ2v) is 6.57. The number of amides is 3. The normalized spacial score (nSPS) is 10.7. The number of carbonyl (C=O) groups is 3. The Morgan fingerprint density at radius 2 is 1.62 bits per heavy atom. The Balaban J connectivity index is 1.87. The molecule has 0 aliphatic carbocycles. The summed E-state index contributed by atoms with van der Waals surface area (Å²) >= 11 is 0. The standard InChI is InChI=1S/C22H26N4O6/c1-14(11-20(27)23-13-15-7-5-6-8-18(15)31-3)25-26-22(29)21(28)24-17-12-16(30-2)9-10-19(17)32-4/h5-10,12H,11,13H2,1-4H3,(H,23,27)(H,24,28)(H,26,29)/b25-14+. The molecule has 0 spiro atoms. The van der Waals surface area contributed by atoms with Gasteiger partial charge in [-0.05, 0) is 25.1 Å². The first-order chi connectivity index (χ1) is 15.4. The van der Waals surface area contributed by atoms with E-state index in [-0.39, 0.29) is 24.6 Å². The first-order valence-electron chi connectivity index (χ1n) is 9.63. The summed E-state index contributed by atoms with van der Waals surface area (Å²) in [6.45, 7) is 1.85. The molecule has 170 valence electrons.